The quantitative estimate of drug-likeness (QED) is 0.511. The molecule has 1 aromatic rings. The topological polar surface area (TPSA) is 36.4 Å². The van der Waals surface area contributed by atoms with Crippen LogP contribution in [0.25, 0.3) is 0 Å². The maximum Gasteiger partial charge on any atom is 0.187 e. The monoisotopic (exact) mass is 317 g/mol. The molecule has 3 nitrogen and oxygen atoms in total. The van der Waals surface area contributed by atoms with Gasteiger partial charge in [0, 0.05) is 16.1 Å². The predicted octanol–water partition coefficient (Wildman–Crippen LogP) is 2.79. The lowest BCUT2D eigenvalue weighted by Crippen LogP contribution is -2.36. The Kier molecular flexibility index (Phi) is 5.50. The van der Waals surface area contributed by atoms with E-state index in [0.717, 1.165) is 0 Å². The number of halogens is 2. The molecule has 0 aliphatic carbocycles. The molecule has 0 radical (unpaired) electrons. The Morgan fingerprint density at radius 1 is 1.53 bits per heavy atom. The van der Waals surface area contributed by atoms with Crippen LogP contribution < -0.4 is 10.7 Å². The largest absolute Gasteiger partial charge is 0.359 e. The highest BCUT2D eigenvalue weighted by Crippen LogP contribution is 2.13. The maximum absolute atomic E-state index is 13.4. The minimum absolute atomic E-state index is 0.231. The van der Waals surface area contributed by atoms with Crippen molar-refractivity contribution in [3.63, 3.8) is 0 Å². The summed E-state index contributed by atoms with van der Waals surface area (Å²) in [4.78, 5) is 0. The third kappa shape index (κ3) is 5.23. The first-order chi connectivity index (χ1) is 7.99. The molecule has 0 aromatic heterocycles. The Hall–Kier alpha value is -1.01. The summed E-state index contributed by atoms with van der Waals surface area (Å²) in [5, 5.41) is 7.22. The van der Waals surface area contributed by atoms with Crippen LogP contribution >= 0.6 is 28.1 Å². The molecule has 0 fully saturated rings. The van der Waals surface area contributed by atoms with E-state index in [1.807, 2.05) is 13.8 Å². The zero-order valence-corrected chi connectivity index (χ0v) is 11.9. The van der Waals surface area contributed by atoms with Crippen molar-refractivity contribution in [3.8, 4) is 0 Å². The van der Waals surface area contributed by atoms with Crippen molar-refractivity contribution in [2.75, 3.05) is 0 Å². The SMILES string of the molecule is CC(C)NC(=S)N/N=C\c1ccc(Br)cc1F. The molecule has 0 bridgehead atoms. The molecule has 0 aliphatic rings. The van der Waals surface area contributed by atoms with Gasteiger partial charge in [-0.1, -0.05) is 15.9 Å². The number of hydrogen-bond acceptors (Lipinski definition) is 2. The van der Waals surface area contributed by atoms with Crippen LogP contribution in [-0.2, 0) is 0 Å². The summed E-state index contributed by atoms with van der Waals surface area (Å²) in [5.41, 5.74) is 3.01. The molecule has 0 saturated carbocycles. The highest BCUT2D eigenvalue weighted by atomic mass is 79.9. The molecule has 1 aromatic carbocycles. The van der Waals surface area contributed by atoms with Gasteiger partial charge in [0.05, 0.1) is 6.21 Å². The first-order valence-electron chi connectivity index (χ1n) is 5.03. The van der Waals surface area contributed by atoms with E-state index >= 15 is 0 Å². The lowest BCUT2D eigenvalue weighted by atomic mass is 10.2. The maximum atomic E-state index is 13.4. The van der Waals surface area contributed by atoms with Gasteiger partial charge < -0.3 is 5.32 Å². The van der Waals surface area contributed by atoms with Crippen LogP contribution in [0.1, 0.15) is 19.4 Å². The summed E-state index contributed by atoms with van der Waals surface area (Å²) in [6.45, 7) is 3.93. The number of thiocarbonyl (C=S) groups is 1. The van der Waals surface area contributed by atoms with Crippen molar-refractivity contribution < 1.29 is 4.39 Å². The minimum atomic E-state index is -0.340. The Bertz CT molecular complexity index is 435. The van der Waals surface area contributed by atoms with E-state index in [1.54, 1.807) is 12.1 Å². The third-order valence-corrected chi connectivity index (χ3v) is 2.45. The number of hydrazone groups is 1. The molecule has 0 saturated heterocycles. The van der Waals surface area contributed by atoms with Gasteiger partial charge in [-0.15, -0.1) is 0 Å². The highest BCUT2D eigenvalue weighted by molar-refractivity contribution is 9.10. The molecule has 6 heteroatoms. The normalized spacial score (nSPS) is 10.9. The van der Waals surface area contributed by atoms with Crippen molar-refractivity contribution in [2.45, 2.75) is 19.9 Å². The summed E-state index contributed by atoms with van der Waals surface area (Å²) >= 11 is 8.15. The summed E-state index contributed by atoms with van der Waals surface area (Å²) in [6.07, 6.45) is 1.38. The van der Waals surface area contributed by atoms with Gasteiger partial charge >= 0.3 is 0 Å². The molecule has 92 valence electrons. The first kappa shape index (κ1) is 14.1. The summed E-state index contributed by atoms with van der Waals surface area (Å²) in [6, 6.07) is 4.99. The van der Waals surface area contributed by atoms with Crippen LogP contribution in [0, 0.1) is 5.82 Å². The standard InChI is InChI=1S/C11H13BrFN3S/c1-7(2)15-11(17)16-14-6-8-3-4-9(12)5-10(8)13/h3-7H,1-2H3,(H2,15,16,17)/b14-6-. The average Bonchev–Trinajstić information content (AvgIpc) is 2.20. The Labute approximate surface area is 114 Å². The van der Waals surface area contributed by atoms with Crippen LogP contribution in [0.3, 0.4) is 0 Å². The van der Waals surface area contributed by atoms with E-state index in [2.05, 4.69) is 31.8 Å². The molecule has 2 N–H and O–H groups in total. The molecular weight excluding hydrogens is 305 g/mol. The van der Waals surface area contributed by atoms with E-state index in [4.69, 9.17) is 12.2 Å². The molecule has 0 heterocycles. The Morgan fingerprint density at radius 3 is 2.82 bits per heavy atom. The van der Waals surface area contributed by atoms with Gasteiger partial charge in [-0.2, -0.15) is 5.10 Å². The van der Waals surface area contributed by atoms with Gasteiger partial charge in [-0.3, -0.25) is 5.43 Å². The summed E-state index contributed by atoms with van der Waals surface area (Å²) in [7, 11) is 0. The van der Waals surface area contributed by atoms with Gasteiger partial charge in [-0.05, 0) is 44.3 Å². The smallest absolute Gasteiger partial charge is 0.187 e. The molecule has 0 atom stereocenters. The van der Waals surface area contributed by atoms with E-state index in [-0.39, 0.29) is 11.9 Å². The second-order valence-electron chi connectivity index (χ2n) is 3.66. The molecule has 0 unspecified atom stereocenters. The first-order valence-corrected chi connectivity index (χ1v) is 6.24. The van der Waals surface area contributed by atoms with Gasteiger partial charge in [0.25, 0.3) is 0 Å². The number of nitrogens with one attached hydrogen (secondary N) is 2. The Morgan fingerprint density at radius 2 is 2.24 bits per heavy atom. The molecule has 0 amide bonds. The number of nitrogens with zero attached hydrogens (tertiary/aromatic N) is 1. The number of benzene rings is 1. The average molecular weight is 318 g/mol. The van der Waals surface area contributed by atoms with Crippen molar-refractivity contribution >= 4 is 39.5 Å². The van der Waals surface area contributed by atoms with Crippen molar-refractivity contribution in [1.82, 2.24) is 10.7 Å². The zero-order chi connectivity index (χ0) is 12.8. The third-order valence-electron chi connectivity index (χ3n) is 1.75. The van der Waals surface area contributed by atoms with Gasteiger partial charge in [0.1, 0.15) is 5.82 Å². The Balaban J connectivity index is 2.56. The van der Waals surface area contributed by atoms with Crippen LogP contribution in [0.15, 0.2) is 27.8 Å². The molecule has 17 heavy (non-hydrogen) atoms. The fraction of sp³-hybridized carbons (Fsp3) is 0.273. The number of rotatable bonds is 3. The molecule has 0 aliphatic heterocycles. The van der Waals surface area contributed by atoms with E-state index in [1.165, 1.54) is 12.3 Å². The second-order valence-corrected chi connectivity index (χ2v) is 4.99. The lowest BCUT2D eigenvalue weighted by Gasteiger charge is -2.09. The van der Waals surface area contributed by atoms with Crippen molar-refractivity contribution in [1.29, 1.82) is 0 Å². The van der Waals surface area contributed by atoms with Crippen molar-refractivity contribution in [3.05, 3.63) is 34.1 Å². The van der Waals surface area contributed by atoms with Crippen LogP contribution in [0.4, 0.5) is 4.39 Å². The van der Waals surface area contributed by atoms with Crippen LogP contribution in [0.5, 0.6) is 0 Å². The summed E-state index contributed by atoms with van der Waals surface area (Å²) in [5.74, 6) is -0.340. The summed E-state index contributed by atoms with van der Waals surface area (Å²) < 4.78 is 14.1. The lowest BCUT2D eigenvalue weighted by molar-refractivity contribution is 0.625. The van der Waals surface area contributed by atoms with E-state index < -0.39 is 0 Å². The van der Waals surface area contributed by atoms with Crippen LogP contribution in [0.2, 0.25) is 0 Å². The van der Waals surface area contributed by atoms with Crippen molar-refractivity contribution in [2.24, 2.45) is 5.10 Å². The van der Waals surface area contributed by atoms with E-state index in [9.17, 15) is 4.39 Å². The van der Waals surface area contributed by atoms with Gasteiger partial charge in [0.2, 0.25) is 0 Å². The molecule has 0 spiro atoms. The van der Waals surface area contributed by atoms with Crippen LogP contribution in [-0.4, -0.2) is 17.4 Å². The number of hydrogen-bond donors (Lipinski definition) is 2. The fourth-order valence-corrected chi connectivity index (χ4v) is 1.68. The highest BCUT2D eigenvalue weighted by Gasteiger charge is 2.00. The predicted molar refractivity (Wildman–Crippen MR) is 75.7 cm³/mol. The fourth-order valence-electron chi connectivity index (χ4n) is 1.06. The minimum Gasteiger partial charge on any atom is -0.359 e. The van der Waals surface area contributed by atoms with E-state index in [0.29, 0.717) is 15.1 Å². The van der Waals surface area contributed by atoms with Gasteiger partial charge in [-0.25, -0.2) is 4.39 Å². The second kappa shape index (κ2) is 6.66. The van der Waals surface area contributed by atoms with Gasteiger partial charge in [0.15, 0.2) is 5.11 Å². The molecule has 1 rings (SSSR count). The molecular formula is C11H13BrFN3S. The zero-order valence-electron chi connectivity index (χ0n) is 9.50.